The zero-order valence-electron chi connectivity index (χ0n) is 14.2. The van der Waals surface area contributed by atoms with E-state index in [1.54, 1.807) is 17.4 Å². The highest BCUT2D eigenvalue weighted by Gasteiger charge is 2.36. The Kier molecular flexibility index (Phi) is 4.47. The molecule has 0 atom stereocenters. The minimum Gasteiger partial charge on any atom is -0.406 e. The Morgan fingerprint density at radius 2 is 1.81 bits per heavy atom. The predicted octanol–water partition coefficient (Wildman–Crippen LogP) is 4.68. The van der Waals surface area contributed by atoms with Crippen molar-refractivity contribution >= 4 is 26.7 Å². The molecule has 4 rings (SSSR count). The van der Waals surface area contributed by atoms with Gasteiger partial charge in [0.05, 0.1) is 15.8 Å². The normalized spacial score (nSPS) is 17.3. The van der Waals surface area contributed by atoms with Crippen LogP contribution < -0.4 is 9.64 Å². The Labute approximate surface area is 157 Å². The van der Waals surface area contributed by atoms with Gasteiger partial charge in [0.25, 0.3) is 0 Å². The SMILES string of the molecule is OC1(c2cccc(OC(F)(F)F)c2)CCN(c2nc3ccccc3s2)CC1. The number of anilines is 1. The first-order valence-corrected chi connectivity index (χ1v) is 9.33. The molecule has 0 radical (unpaired) electrons. The number of ether oxygens (including phenoxy) is 1. The molecular weight excluding hydrogens is 377 g/mol. The lowest BCUT2D eigenvalue weighted by Crippen LogP contribution is -2.42. The van der Waals surface area contributed by atoms with E-state index in [1.165, 1.54) is 18.2 Å². The monoisotopic (exact) mass is 394 g/mol. The van der Waals surface area contributed by atoms with E-state index in [1.807, 2.05) is 24.3 Å². The number of fused-ring (bicyclic) bond motifs is 1. The summed E-state index contributed by atoms with van der Waals surface area (Å²) in [5.41, 5.74) is 0.196. The summed E-state index contributed by atoms with van der Waals surface area (Å²) in [5.74, 6) is -0.318. The van der Waals surface area contributed by atoms with Crippen LogP contribution in [0.15, 0.2) is 48.5 Å². The van der Waals surface area contributed by atoms with Crippen molar-refractivity contribution in [3.8, 4) is 5.75 Å². The third kappa shape index (κ3) is 3.86. The summed E-state index contributed by atoms with van der Waals surface area (Å²) >= 11 is 1.60. The lowest BCUT2D eigenvalue weighted by atomic mass is 9.84. The van der Waals surface area contributed by atoms with E-state index in [0.29, 0.717) is 31.5 Å². The number of piperidine rings is 1. The maximum absolute atomic E-state index is 12.4. The fourth-order valence-electron chi connectivity index (χ4n) is 3.33. The number of aliphatic hydroxyl groups is 1. The fraction of sp³-hybridized carbons (Fsp3) is 0.316. The first-order valence-electron chi connectivity index (χ1n) is 8.52. The molecule has 8 heteroatoms. The zero-order valence-corrected chi connectivity index (χ0v) is 15.1. The number of aromatic nitrogens is 1. The van der Waals surface area contributed by atoms with Gasteiger partial charge in [0.2, 0.25) is 0 Å². The molecule has 1 N–H and O–H groups in total. The van der Waals surface area contributed by atoms with E-state index in [4.69, 9.17) is 0 Å². The molecule has 0 aliphatic carbocycles. The molecule has 0 unspecified atom stereocenters. The molecule has 1 aliphatic heterocycles. The third-order valence-corrected chi connectivity index (χ3v) is 5.85. The van der Waals surface area contributed by atoms with Crippen LogP contribution in [0.25, 0.3) is 10.2 Å². The zero-order chi connectivity index (χ0) is 19.1. The minimum atomic E-state index is -4.75. The number of para-hydroxylation sites is 1. The van der Waals surface area contributed by atoms with Gasteiger partial charge in [0.15, 0.2) is 5.13 Å². The molecule has 2 aromatic carbocycles. The summed E-state index contributed by atoms with van der Waals surface area (Å²) in [6.45, 7) is 1.14. The molecule has 0 saturated carbocycles. The lowest BCUT2D eigenvalue weighted by molar-refractivity contribution is -0.274. The number of alkyl halides is 3. The molecule has 1 saturated heterocycles. The van der Waals surface area contributed by atoms with Crippen molar-refractivity contribution in [3.63, 3.8) is 0 Å². The van der Waals surface area contributed by atoms with Gasteiger partial charge < -0.3 is 14.7 Å². The van der Waals surface area contributed by atoms with Crippen molar-refractivity contribution in [3.05, 3.63) is 54.1 Å². The quantitative estimate of drug-likeness (QED) is 0.701. The molecule has 2 heterocycles. The van der Waals surface area contributed by atoms with Crippen molar-refractivity contribution in [2.45, 2.75) is 24.8 Å². The van der Waals surface area contributed by atoms with Gasteiger partial charge in [-0.1, -0.05) is 35.6 Å². The van der Waals surface area contributed by atoms with Crippen LogP contribution in [-0.2, 0) is 5.60 Å². The summed E-state index contributed by atoms with van der Waals surface area (Å²) < 4.78 is 42.4. The van der Waals surface area contributed by atoms with Gasteiger partial charge in [0, 0.05) is 13.1 Å². The van der Waals surface area contributed by atoms with Crippen molar-refractivity contribution < 1.29 is 23.0 Å². The predicted molar refractivity (Wildman–Crippen MR) is 98.1 cm³/mol. The van der Waals surface area contributed by atoms with Crippen LogP contribution >= 0.6 is 11.3 Å². The van der Waals surface area contributed by atoms with Crippen molar-refractivity contribution in [1.82, 2.24) is 4.98 Å². The van der Waals surface area contributed by atoms with Gasteiger partial charge in [0.1, 0.15) is 5.75 Å². The van der Waals surface area contributed by atoms with Crippen molar-refractivity contribution in [1.29, 1.82) is 0 Å². The molecular formula is C19H17F3N2O2S. The molecule has 0 amide bonds. The Morgan fingerprint density at radius 1 is 1.07 bits per heavy atom. The Bertz CT molecular complexity index is 916. The number of halogens is 3. The van der Waals surface area contributed by atoms with E-state index in [2.05, 4.69) is 14.6 Å². The van der Waals surface area contributed by atoms with E-state index in [0.717, 1.165) is 15.3 Å². The lowest BCUT2D eigenvalue weighted by Gasteiger charge is -2.38. The standard InChI is InChI=1S/C19H17F3N2O2S/c20-19(21,22)26-14-5-3-4-13(12-14)18(25)8-10-24(11-9-18)17-23-15-6-1-2-7-16(15)27-17/h1-7,12,25H,8-11H2. The molecule has 3 aromatic rings. The highest BCUT2D eigenvalue weighted by Crippen LogP contribution is 2.38. The molecule has 1 aromatic heterocycles. The summed E-state index contributed by atoms with van der Waals surface area (Å²) in [4.78, 5) is 6.74. The second-order valence-corrected chi connectivity index (χ2v) is 7.57. The van der Waals surface area contributed by atoms with Gasteiger partial charge >= 0.3 is 6.36 Å². The molecule has 142 valence electrons. The van der Waals surface area contributed by atoms with Crippen LogP contribution in [0.1, 0.15) is 18.4 Å². The van der Waals surface area contributed by atoms with Gasteiger partial charge in [-0.15, -0.1) is 13.2 Å². The molecule has 0 bridgehead atoms. The van der Waals surface area contributed by atoms with Gasteiger partial charge in [-0.25, -0.2) is 4.98 Å². The van der Waals surface area contributed by atoms with E-state index in [-0.39, 0.29) is 5.75 Å². The van der Waals surface area contributed by atoms with Crippen molar-refractivity contribution in [2.75, 3.05) is 18.0 Å². The van der Waals surface area contributed by atoms with Gasteiger partial charge in [-0.05, 0) is 42.7 Å². The van der Waals surface area contributed by atoms with Crippen LogP contribution in [0, 0.1) is 0 Å². The third-order valence-electron chi connectivity index (χ3n) is 4.75. The Balaban J connectivity index is 1.50. The van der Waals surface area contributed by atoms with Crippen LogP contribution in [0.2, 0.25) is 0 Å². The minimum absolute atomic E-state index is 0.318. The van der Waals surface area contributed by atoms with Crippen LogP contribution in [0.5, 0.6) is 5.75 Å². The molecule has 0 spiro atoms. The Morgan fingerprint density at radius 3 is 2.52 bits per heavy atom. The molecule has 1 fully saturated rings. The van der Waals surface area contributed by atoms with E-state index < -0.39 is 12.0 Å². The average Bonchev–Trinajstić information content (AvgIpc) is 3.05. The van der Waals surface area contributed by atoms with E-state index >= 15 is 0 Å². The van der Waals surface area contributed by atoms with Gasteiger partial charge in [-0.3, -0.25) is 0 Å². The maximum Gasteiger partial charge on any atom is 0.573 e. The first-order chi connectivity index (χ1) is 12.8. The first kappa shape index (κ1) is 18.1. The number of rotatable bonds is 3. The van der Waals surface area contributed by atoms with Crippen LogP contribution in [0.4, 0.5) is 18.3 Å². The van der Waals surface area contributed by atoms with E-state index in [9.17, 15) is 18.3 Å². The van der Waals surface area contributed by atoms with Gasteiger partial charge in [-0.2, -0.15) is 0 Å². The average molecular weight is 394 g/mol. The number of thiazole rings is 1. The smallest absolute Gasteiger partial charge is 0.406 e. The van der Waals surface area contributed by atoms with Crippen molar-refractivity contribution in [2.24, 2.45) is 0 Å². The molecule has 27 heavy (non-hydrogen) atoms. The molecule has 1 aliphatic rings. The largest absolute Gasteiger partial charge is 0.573 e. The van der Waals surface area contributed by atoms with Crippen LogP contribution in [0.3, 0.4) is 0 Å². The number of hydrogen-bond acceptors (Lipinski definition) is 5. The number of nitrogens with zero attached hydrogens (tertiary/aromatic N) is 2. The summed E-state index contributed by atoms with van der Waals surface area (Å²) in [5, 5.41) is 11.9. The van der Waals surface area contributed by atoms with Crippen LogP contribution in [-0.4, -0.2) is 29.5 Å². The highest BCUT2D eigenvalue weighted by molar-refractivity contribution is 7.22. The summed E-state index contributed by atoms with van der Waals surface area (Å²) in [7, 11) is 0. The second-order valence-electron chi connectivity index (χ2n) is 6.56. The summed E-state index contributed by atoms with van der Waals surface area (Å²) in [6.07, 6.45) is -3.95. The second kappa shape index (κ2) is 6.69. The fourth-order valence-corrected chi connectivity index (χ4v) is 4.35. The maximum atomic E-state index is 12.4. The highest BCUT2D eigenvalue weighted by atomic mass is 32.1. The summed E-state index contributed by atoms with van der Waals surface area (Å²) in [6, 6.07) is 13.5. The number of hydrogen-bond donors (Lipinski definition) is 1. The topological polar surface area (TPSA) is 45.6 Å². The molecule has 4 nitrogen and oxygen atoms in total. The Hall–Kier alpha value is -2.32. The number of benzene rings is 2.